The Morgan fingerprint density at radius 2 is 1.63 bits per heavy atom. The maximum absolute atomic E-state index is 12.9. The molecule has 0 spiro atoms. The topological polar surface area (TPSA) is 42.3 Å². The van der Waals surface area contributed by atoms with Crippen molar-refractivity contribution in [2.45, 2.75) is 53.3 Å². The van der Waals surface area contributed by atoms with Crippen LogP contribution in [-0.4, -0.2) is 40.4 Å². The van der Waals surface area contributed by atoms with Gasteiger partial charge in [0.1, 0.15) is 6.54 Å². The smallest absolute Gasteiger partial charge is 0.339 e. The highest BCUT2D eigenvalue weighted by atomic mass is 19.4. The molecule has 0 radical (unpaired) electrons. The Kier molecular flexibility index (Phi) is 6.11. The van der Waals surface area contributed by atoms with Gasteiger partial charge >= 0.3 is 6.18 Å². The number of rotatable bonds is 4. The number of carbonyl (C=O) groups is 2. The van der Waals surface area contributed by atoms with Crippen molar-refractivity contribution in [1.29, 1.82) is 0 Å². The summed E-state index contributed by atoms with van der Waals surface area (Å²) >= 11 is 0. The molecule has 1 aromatic carbocycles. The predicted molar refractivity (Wildman–Crippen MR) is 109 cm³/mol. The second-order valence-corrected chi connectivity index (χ2v) is 8.24. The fourth-order valence-electron chi connectivity index (χ4n) is 4.27. The fourth-order valence-corrected chi connectivity index (χ4v) is 4.27. The van der Waals surface area contributed by atoms with Gasteiger partial charge in [0.25, 0.3) is 5.91 Å². The Bertz CT molecular complexity index is 968. The van der Waals surface area contributed by atoms with Crippen molar-refractivity contribution in [3.8, 4) is 0 Å². The first-order chi connectivity index (χ1) is 14.0. The summed E-state index contributed by atoms with van der Waals surface area (Å²) in [5.74, 6) is -0.315. The summed E-state index contributed by atoms with van der Waals surface area (Å²) in [7, 11) is 0. The van der Waals surface area contributed by atoms with Crippen LogP contribution in [0.4, 0.5) is 13.2 Å². The number of amides is 1. The normalized spacial score (nSPS) is 15.5. The van der Waals surface area contributed by atoms with Crippen LogP contribution < -0.4 is 0 Å². The lowest BCUT2D eigenvalue weighted by atomic mass is 9.87. The molecule has 30 heavy (non-hydrogen) atoms. The highest BCUT2D eigenvalue weighted by molar-refractivity contribution is 6.00. The molecule has 1 aromatic heterocycles. The highest BCUT2D eigenvalue weighted by Crippen LogP contribution is 2.27. The van der Waals surface area contributed by atoms with E-state index in [1.807, 2.05) is 32.0 Å². The van der Waals surface area contributed by atoms with Crippen LogP contribution in [0, 0.1) is 33.6 Å². The van der Waals surface area contributed by atoms with Crippen molar-refractivity contribution in [1.82, 2.24) is 9.47 Å². The van der Waals surface area contributed by atoms with Gasteiger partial charge < -0.3 is 9.47 Å². The zero-order valence-corrected chi connectivity index (χ0v) is 17.8. The molecule has 1 fully saturated rings. The molecule has 1 aliphatic heterocycles. The largest absolute Gasteiger partial charge is 0.406 e. The molecule has 2 heterocycles. The predicted octanol–water partition coefficient (Wildman–Crippen LogP) is 5.02. The summed E-state index contributed by atoms with van der Waals surface area (Å²) in [6.45, 7) is 6.76. The Balaban J connectivity index is 1.69. The molecule has 1 saturated heterocycles. The van der Waals surface area contributed by atoms with E-state index in [9.17, 15) is 22.8 Å². The standard InChI is InChI=1S/C23H27F3N2O2/c1-14-5-6-19(15(2)11-14)21(29)18-7-9-27(10-8-18)22(30)20-12-16(3)28(17(20)4)13-23(24,25)26/h5-6,11-12,18H,7-10,13H2,1-4H3. The molecule has 7 heteroatoms. The minimum atomic E-state index is -4.35. The van der Waals surface area contributed by atoms with E-state index < -0.39 is 12.7 Å². The second-order valence-electron chi connectivity index (χ2n) is 8.24. The maximum Gasteiger partial charge on any atom is 0.406 e. The molecule has 0 N–H and O–H groups in total. The number of likely N-dealkylation sites (tertiary alicyclic amines) is 1. The number of hydrogen-bond acceptors (Lipinski definition) is 2. The van der Waals surface area contributed by atoms with Crippen molar-refractivity contribution in [3.05, 3.63) is 57.9 Å². The number of aryl methyl sites for hydroxylation is 3. The van der Waals surface area contributed by atoms with Crippen molar-refractivity contribution >= 4 is 11.7 Å². The van der Waals surface area contributed by atoms with E-state index in [0.717, 1.165) is 21.3 Å². The lowest BCUT2D eigenvalue weighted by Crippen LogP contribution is -2.40. The lowest BCUT2D eigenvalue weighted by molar-refractivity contribution is -0.141. The molecule has 162 valence electrons. The number of benzene rings is 1. The number of Topliss-reactive ketones (excluding diaryl/α,β-unsaturated/α-hetero) is 1. The van der Waals surface area contributed by atoms with Gasteiger partial charge in [0.15, 0.2) is 5.78 Å². The third-order valence-corrected chi connectivity index (χ3v) is 5.94. The Morgan fingerprint density at radius 3 is 2.20 bits per heavy atom. The number of ketones is 1. The SMILES string of the molecule is Cc1ccc(C(=O)C2CCN(C(=O)c3cc(C)n(CC(F)(F)F)c3C)CC2)c(C)c1. The zero-order chi connectivity index (χ0) is 22.2. The molecule has 0 unspecified atom stereocenters. The molecule has 1 aliphatic rings. The van der Waals surface area contributed by atoms with Crippen LogP contribution in [0.1, 0.15) is 56.1 Å². The van der Waals surface area contributed by atoms with E-state index in [2.05, 4.69) is 0 Å². The summed E-state index contributed by atoms with van der Waals surface area (Å²) in [5.41, 5.74) is 3.82. The molecule has 2 aromatic rings. The van der Waals surface area contributed by atoms with Gasteiger partial charge in [0, 0.05) is 36.0 Å². The first-order valence-electron chi connectivity index (χ1n) is 10.1. The van der Waals surface area contributed by atoms with Crippen molar-refractivity contribution in [3.63, 3.8) is 0 Å². The van der Waals surface area contributed by atoms with Gasteiger partial charge in [0.2, 0.25) is 0 Å². The van der Waals surface area contributed by atoms with Gasteiger partial charge in [-0.2, -0.15) is 13.2 Å². The molecule has 4 nitrogen and oxygen atoms in total. The van der Waals surface area contributed by atoms with Crippen molar-refractivity contribution in [2.24, 2.45) is 5.92 Å². The number of alkyl halides is 3. The van der Waals surface area contributed by atoms with Crippen molar-refractivity contribution in [2.75, 3.05) is 13.1 Å². The number of halogens is 3. The zero-order valence-electron chi connectivity index (χ0n) is 17.8. The molecule has 0 atom stereocenters. The van der Waals surface area contributed by atoms with Crippen LogP contribution in [0.15, 0.2) is 24.3 Å². The molecule has 0 bridgehead atoms. The minimum Gasteiger partial charge on any atom is -0.339 e. The molecule has 0 aliphatic carbocycles. The number of piperidine rings is 1. The van der Waals surface area contributed by atoms with Crippen LogP contribution in [0.5, 0.6) is 0 Å². The van der Waals surface area contributed by atoms with Gasteiger partial charge in [-0.25, -0.2) is 0 Å². The Labute approximate surface area is 174 Å². The molecular formula is C23H27F3N2O2. The minimum absolute atomic E-state index is 0.1000. The number of hydrogen-bond donors (Lipinski definition) is 0. The van der Waals surface area contributed by atoms with E-state index in [1.54, 1.807) is 18.7 Å². The van der Waals surface area contributed by atoms with E-state index in [1.165, 1.54) is 6.07 Å². The third-order valence-electron chi connectivity index (χ3n) is 5.94. The summed E-state index contributed by atoms with van der Waals surface area (Å²) in [6, 6.07) is 7.30. The average molecular weight is 420 g/mol. The third kappa shape index (κ3) is 4.60. The second kappa shape index (κ2) is 8.28. The number of nitrogens with zero attached hydrogens (tertiary/aromatic N) is 2. The summed E-state index contributed by atoms with van der Waals surface area (Å²) < 4.78 is 39.6. The van der Waals surface area contributed by atoms with E-state index in [0.29, 0.717) is 42.9 Å². The van der Waals surface area contributed by atoms with Crippen molar-refractivity contribution < 1.29 is 22.8 Å². The van der Waals surface area contributed by atoms with E-state index >= 15 is 0 Å². The quantitative estimate of drug-likeness (QED) is 0.652. The van der Waals surface area contributed by atoms with Crippen LogP contribution in [0.2, 0.25) is 0 Å². The summed E-state index contributed by atoms with van der Waals surface area (Å²) in [5, 5.41) is 0. The first kappa shape index (κ1) is 22.1. The summed E-state index contributed by atoms with van der Waals surface area (Å²) in [6.07, 6.45) is -3.24. The molecule has 1 amide bonds. The average Bonchev–Trinajstić information content (AvgIpc) is 2.94. The van der Waals surface area contributed by atoms with E-state index in [4.69, 9.17) is 0 Å². The first-order valence-corrected chi connectivity index (χ1v) is 10.1. The van der Waals surface area contributed by atoms with Gasteiger partial charge in [-0.3, -0.25) is 9.59 Å². The van der Waals surface area contributed by atoms with Crippen LogP contribution >= 0.6 is 0 Å². The molecular weight excluding hydrogens is 393 g/mol. The molecule has 0 saturated carbocycles. The van der Waals surface area contributed by atoms with E-state index in [-0.39, 0.29) is 17.6 Å². The van der Waals surface area contributed by atoms with Gasteiger partial charge in [-0.05, 0) is 52.2 Å². The number of carbonyl (C=O) groups excluding carboxylic acids is 2. The van der Waals surface area contributed by atoms with Gasteiger partial charge in [-0.15, -0.1) is 0 Å². The highest BCUT2D eigenvalue weighted by Gasteiger charge is 2.33. The fraction of sp³-hybridized carbons (Fsp3) is 0.478. The van der Waals surface area contributed by atoms with Gasteiger partial charge in [0.05, 0.1) is 5.56 Å². The number of aromatic nitrogens is 1. The summed E-state index contributed by atoms with van der Waals surface area (Å²) in [4.78, 5) is 27.5. The Morgan fingerprint density at radius 1 is 1.00 bits per heavy atom. The molecule has 3 rings (SSSR count). The van der Waals surface area contributed by atoms with Crippen LogP contribution in [-0.2, 0) is 6.54 Å². The maximum atomic E-state index is 12.9. The van der Waals surface area contributed by atoms with Crippen LogP contribution in [0.3, 0.4) is 0 Å². The lowest BCUT2D eigenvalue weighted by Gasteiger charge is -2.31. The monoisotopic (exact) mass is 420 g/mol. The Hall–Kier alpha value is -2.57. The van der Waals surface area contributed by atoms with Crippen LogP contribution in [0.25, 0.3) is 0 Å². The van der Waals surface area contributed by atoms with Gasteiger partial charge in [-0.1, -0.05) is 23.8 Å².